The Morgan fingerprint density at radius 1 is 0.941 bits per heavy atom. The van der Waals surface area contributed by atoms with Gasteiger partial charge in [-0.05, 0) is 23.0 Å². The molecule has 0 fully saturated rings. The van der Waals surface area contributed by atoms with Crippen LogP contribution in [0.1, 0.15) is 50.7 Å². The van der Waals surface area contributed by atoms with Gasteiger partial charge < -0.3 is 15.3 Å². The van der Waals surface area contributed by atoms with Gasteiger partial charge in [0.25, 0.3) is 0 Å². The van der Waals surface area contributed by atoms with Crippen molar-refractivity contribution in [2.45, 2.75) is 39.5 Å². The minimum Gasteiger partial charge on any atom is -0.727 e. The van der Waals surface area contributed by atoms with E-state index in [-0.39, 0.29) is 29.6 Å². The van der Waals surface area contributed by atoms with Crippen LogP contribution in [-0.2, 0) is 4.79 Å². The largest absolute Gasteiger partial charge is 1.00 e. The molecule has 0 aromatic heterocycles. The molecule has 17 heavy (non-hydrogen) atoms. The predicted molar refractivity (Wildman–Crippen MR) is 64.4 cm³/mol. The molecule has 0 saturated carbocycles. The molecular weight excluding hydrogens is 227 g/mol. The molecule has 0 saturated heterocycles. The van der Waals surface area contributed by atoms with Crippen molar-refractivity contribution >= 4 is 6.79 Å². The van der Waals surface area contributed by atoms with E-state index in [9.17, 15) is 0 Å². The first-order valence-electron chi connectivity index (χ1n) is 5.19. The van der Waals surface area contributed by atoms with Gasteiger partial charge in [-0.15, -0.1) is 0 Å². The molecule has 1 aromatic carbocycles. The Balaban J connectivity index is -0.000000355. The summed E-state index contributed by atoms with van der Waals surface area (Å²) in [6.45, 7) is 11.0. The molecule has 0 amide bonds. The van der Waals surface area contributed by atoms with Crippen molar-refractivity contribution < 1.29 is 44.9 Å². The van der Waals surface area contributed by atoms with Crippen LogP contribution in [-0.4, -0.2) is 12.0 Å². The van der Waals surface area contributed by atoms with E-state index in [1.807, 2.05) is 6.79 Å². The Morgan fingerprint density at radius 3 is 1.35 bits per heavy atom. The summed E-state index contributed by atoms with van der Waals surface area (Å²) in [6.07, 6.45) is 0. The van der Waals surface area contributed by atoms with Crippen LogP contribution in [0.25, 0.3) is 0 Å². The fourth-order valence-electron chi connectivity index (χ4n) is 1.56. The van der Waals surface area contributed by atoms with Crippen molar-refractivity contribution in [1.29, 1.82) is 0 Å². The third-order valence-electron chi connectivity index (χ3n) is 2.24. The van der Waals surface area contributed by atoms with Crippen molar-refractivity contribution in [3.05, 3.63) is 35.4 Å². The van der Waals surface area contributed by atoms with E-state index >= 15 is 0 Å². The van der Waals surface area contributed by atoms with Crippen LogP contribution in [0, 0.1) is 0 Å². The van der Waals surface area contributed by atoms with Gasteiger partial charge in [-0.3, -0.25) is 0 Å². The van der Waals surface area contributed by atoms with E-state index in [1.165, 1.54) is 11.1 Å². The average Bonchev–Trinajstić information content (AvgIpc) is 2.34. The van der Waals surface area contributed by atoms with Gasteiger partial charge in [0, 0.05) is 0 Å². The quantitative estimate of drug-likeness (QED) is 0.439. The summed E-state index contributed by atoms with van der Waals surface area (Å²) in [5, 5.41) is 13.0. The van der Waals surface area contributed by atoms with Crippen molar-refractivity contribution in [1.82, 2.24) is 0 Å². The number of carbonyl (C=O) groups excluding carboxylic acids is 1. The second kappa shape index (κ2) is 13.9. The van der Waals surface area contributed by atoms with Gasteiger partial charge in [-0.25, -0.2) is 0 Å². The fraction of sp³-hybridized carbons (Fsp3) is 0.462. The molecule has 4 heteroatoms. The zero-order valence-corrected chi connectivity index (χ0v) is 13.4. The Labute approximate surface area is 126 Å². The maximum Gasteiger partial charge on any atom is 1.00 e. The van der Waals surface area contributed by atoms with Crippen LogP contribution < -0.4 is 34.8 Å². The van der Waals surface area contributed by atoms with Crippen LogP contribution in [0.15, 0.2) is 24.3 Å². The predicted octanol–water partition coefficient (Wildman–Crippen LogP) is -0.428. The monoisotopic (exact) mass is 248 g/mol. The normalized spacial score (nSPS) is 8.47. The molecular formula is C13H21NaO3. The fourth-order valence-corrected chi connectivity index (χ4v) is 1.56. The standard InChI is InChI=1S/C12H18.CH2O.Na.H2O2/c1-9(2)11-7-5-6-8-12(11)10(3)4;1-2;;1-2/h5-10H,1-4H3;1H2;;1-2H/q;;+1;/p-1. The van der Waals surface area contributed by atoms with Gasteiger partial charge in [0.1, 0.15) is 6.79 Å². The van der Waals surface area contributed by atoms with Crippen molar-refractivity contribution in [3.63, 3.8) is 0 Å². The molecule has 0 radical (unpaired) electrons. The van der Waals surface area contributed by atoms with Crippen molar-refractivity contribution in [3.8, 4) is 0 Å². The second-order valence-electron chi connectivity index (χ2n) is 3.94. The number of hydrogen-bond acceptors (Lipinski definition) is 3. The SMILES string of the molecule is C=O.CC(C)c1ccccc1C(C)C.[Na+].[O-]O. The zero-order valence-electron chi connectivity index (χ0n) is 11.4. The summed E-state index contributed by atoms with van der Waals surface area (Å²) in [4.78, 5) is 8.00. The van der Waals surface area contributed by atoms with Gasteiger partial charge in [0.15, 0.2) is 0 Å². The molecule has 0 unspecified atom stereocenters. The summed E-state index contributed by atoms with van der Waals surface area (Å²) in [7, 11) is 0. The minimum absolute atomic E-state index is 0. The maximum atomic E-state index is 8.00. The van der Waals surface area contributed by atoms with Crippen LogP contribution in [0.2, 0.25) is 0 Å². The topological polar surface area (TPSA) is 60.4 Å². The number of hydrogen-bond donors (Lipinski definition) is 1. The van der Waals surface area contributed by atoms with Crippen LogP contribution >= 0.6 is 0 Å². The molecule has 92 valence electrons. The number of rotatable bonds is 2. The van der Waals surface area contributed by atoms with Gasteiger partial charge >= 0.3 is 29.6 Å². The van der Waals surface area contributed by atoms with E-state index in [0.717, 1.165) is 0 Å². The van der Waals surface area contributed by atoms with E-state index in [2.05, 4.69) is 52.0 Å². The molecule has 3 nitrogen and oxygen atoms in total. The Kier molecular flexibility index (Phi) is 18.0. The molecule has 1 rings (SSSR count). The summed E-state index contributed by atoms with van der Waals surface area (Å²) < 4.78 is 0. The number of benzene rings is 1. The third kappa shape index (κ3) is 8.52. The van der Waals surface area contributed by atoms with Crippen LogP contribution in [0.5, 0.6) is 0 Å². The van der Waals surface area contributed by atoms with Gasteiger partial charge in [0.2, 0.25) is 0 Å². The van der Waals surface area contributed by atoms with Crippen LogP contribution in [0.3, 0.4) is 0 Å². The third-order valence-corrected chi connectivity index (χ3v) is 2.24. The molecule has 0 aliphatic rings. The first kappa shape index (κ1) is 22.0. The summed E-state index contributed by atoms with van der Waals surface area (Å²) in [5.41, 5.74) is 2.99. The van der Waals surface area contributed by atoms with Gasteiger partial charge in [-0.2, -0.15) is 0 Å². The summed E-state index contributed by atoms with van der Waals surface area (Å²) >= 11 is 0. The maximum absolute atomic E-state index is 8.00. The zero-order chi connectivity index (χ0) is 13.1. The molecule has 1 N–H and O–H groups in total. The minimum atomic E-state index is 0. The molecule has 0 aliphatic carbocycles. The van der Waals surface area contributed by atoms with Gasteiger partial charge in [0.05, 0.1) is 0 Å². The molecule has 0 atom stereocenters. The van der Waals surface area contributed by atoms with Crippen molar-refractivity contribution in [2.24, 2.45) is 0 Å². The smallest absolute Gasteiger partial charge is 0.727 e. The summed E-state index contributed by atoms with van der Waals surface area (Å²) in [5.74, 6) is 1.28. The second-order valence-corrected chi connectivity index (χ2v) is 3.94. The molecule has 1 aromatic rings. The molecule has 0 bridgehead atoms. The van der Waals surface area contributed by atoms with E-state index in [1.54, 1.807) is 0 Å². The number of carbonyl (C=O) groups is 1. The van der Waals surface area contributed by atoms with Crippen molar-refractivity contribution in [2.75, 3.05) is 0 Å². The summed E-state index contributed by atoms with van der Waals surface area (Å²) in [6, 6.07) is 8.72. The Bertz CT molecular complexity index is 248. The van der Waals surface area contributed by atoms with E-state index in [0.29, 0.717) is 11.8 Å². The first-order valence-corrected chi connectivity index (χ1v) is 5.19. The Morgan fingerprint density at radius 2 is 1.18 bits per heavy atom. The first-order chi connectivity index (χ1) is 7.63. The van der Waals surface area contributed by atoms with Crippen LogP contribution in [0.4, 0.5) is 0 Å². The average molecular weight is 248 g/mol. The molecule has 0 heterocycles. The van der Waals surface area contributed by atoms with E-state index < -0.39 is 0 Å². The van der Waals surface area contributed by atoms with E-state index in [4.69, 9.17) is 15.3 Å². The van der Waals surface area contributed by atoms with Gasteiger partial charge in [-0.1, -0.05) is 52.0 Å². The molecule has 0 spiro atoms. The molecule has 0 aliphatic heterocycles. The Hall–Kier alpha value is -0.190.